The van der Waals surface area contributed by atoms with Crippen LogP contribution in [0.4, 0.5) is 0 Å². The Bertz CT molecular complexity index is 880. The van der Waals surface area contributed by atoms with Crippen LogP contribution in [0.5, 0.6) is 5.75 Å². The highest BCUT2D eigenvalue weighted by Gasteiger charge is 2.04. The lowest BCUT2D eigenvalue weighted by Crippen LogP contribution is -1.96. The van der Waals surface area contributed by atoms with E-state index >= 15 is 0 Å². The number of allylic oxidation sites excluding steroid dienone is 1. The molecule has 0 saturated carbocycles. The highest BCUT2D eigenvalue weighted by Crippen LogP contribution is 2.27. The van der Waals surface area contributed by atoms with E-state index in [4.69, 9.17) is 4.74 Å². The minimum absolute atomic E-state index is 0.563. The van der Waals surface area contributed by atoms with Gasteiger partial charge in [0.05, 0.1) is 0 Å². The Morgan fingerprint density at radius 2 is 1.68 bits per heavy atom. The maximum Gasteiger partial charge on any atom is 0.142 e. The average molecular weight is 328 g/mol. The van der Waals surface area contributed by atoms with E-state index in [-0.39, 0.29) is 0 Å². The van der Waals surface area contributed by atoms with Gasteiger partial charge in [0.25, 0.3) is 0 Å². The molecular formula is C23H20O2. The zero-order valence-corrected chi connectivity index (χ0v) is 14.2. The fourth-order valence-electron chi connectivity index (χ4n) is 2.70. The highest BCUT2D eigenvalue weighted by atomic mass is 16.5. The second-order valence-electron chi connectivity index (χ2n) is 5.88. The van der Waals surface area contributed by atoms with Crippen molar-refractivity contribution in [2.45, 2.75) is 13.5 Å². The number of carbonyl (C=O) groups excluding carboxylic acids is 1. The summed E-state index contributed by atoms with van der Waals surface area (Å²) in [4.78, 5) is 10.5. The Labute approximate surface area is 148 Å². The summed E-state index contributed by atoms with van der Waals surface area (Å²) in [6.45, 7) is 2.62. The smallest absolute Gasteiger partial charge is 0.142 e. The quantitative estimate of drug-likeness (QED) is 0.444. The molecule has 3 aromatic rings. The van der Waals surface area contributed by atoms with Gasteiger partial charge >= 0.3 is 0 Å². The summed E-state index contributed by atoms with van der Waals surface area (Å²) < 4.78 is 5.94. The lowest BCUT2D eigenvalue weighted by atomic mass is 10.0. The summed E-state index contributed by atoms with van der Waals surface area (Å²) in [6, 6.07) is 24.5. The molecule has 0 heterocycles. The Balaban J connectivity index is 1.77. The zero-order chi connectivity index (χ0) is 17.5. The van der Waals surface area contributed by atoms with Crippen LogP contribution in [0, 0.1) is 6.92 Å². The minimum atomic E-state index is 0.563. The van der Waals surface area contributed by atoms with Crippen molar-refractivity contribution in [3.63, 3.8) is 0 Å². The molecule has 3 rings (SSSR count). The van der Waals surface area contributed by atoms with Crippen molar-refractivity contribution in [1.82, 2.24) is 0 Å². The third kappa shape index (κ3) is 4.45. The van der Waals surface area contributed by atoms with Crippen LogP contribution >= 0.6 is 0 Å². The van der Waals surface area contributed by atoms with Crippen LogP contribution in [0.25, 0.3) is 17.2 Å². The summed E-state index contributed by atoms with van der Waals surface area (Å²) in [7, 11) is 0. The summed E-state index contributed by atoms with van der Waals surface area (Å²) >= 11 is 0. The SMILES string of the molecule is Cc1cc(-c2cccc(/C=C/C=O)c2)ccc1OCc1ccccc1. The van der Waals surface area contributed by atoms with Gasteiger partial charge in [-0.3, -0.25) is 4.79 Å². The molecule has 124 valence electrons. The van der Waals surface area contributed by atoms with E-state index < -0.39 is 0 Å². The van der Waals surface area contributed by atoms with E-state index in [1.54, 1.807) is 6.08 Å². The van der Waals surface area contributed by atoms with Crippen LogP contribution in [0.15, 0.2) is 78.9 Å². The van der Waals surface area contributed by atoms with Crippen molar-refractivity contribution in [2.75, 3.05) is 0 Å². The first-order valence-electron chi connectivity index (χ1n) is 8.26. The van der Waals surface area contributed by atoms with Gasteiger partial charge in [0, 0.05) is 0 Å². The van der Waals surface area contributed by atoms with Crippen LogP contribution < -0.4 is 4.74 Å². The largest absolute Gasteiger partial charge is 0.489 e. The summed E-state index contributed by atoms with van der Waals surface area (Å²) in [5.74, 6) is 0.893. The third-order valence-corrected chi connectivity index (χ3v) is 4.00. The number of aldehydes is 1. The van der Waals surface area contributed by atoms with E-state index in [0.717, 1.165) is 39.9 Å². The molecule has 0 fully saturated rings. The average Bonchev–Trinajstić information content (AvgIpc) is 2.66. The summed E-state index contributed by atoms with van der Waals surface area (Å²) in [5.41, 5.74) is 5.51. The maximum atomic E-state index is 10.5. The van der Waals surface area contributed by atoms with Crippen molar-refractivity contribution < 1.29 is 9.53 Å². The zero-order valence-electron chi connectivity index (χ0n) is 14.2. The van der Waals surface area contributed by atoms with Gasteiger partial charge in [0.2, 0.25) is 0 Å². The predicted octanol–water partition coefficient (Wildman–Crippen LogP) is 5.45. The molecule has 0 saturated heterocycles. The molecule has 0 aliphatic carbocycles. The Hall–Kier alpha value is -3.13. The number of carbonyl (C=O) groups is 1. The van der Waals surface area contributed by atoms with Crippen molar-refractivity contribution in [2.24, 2.45) is 0 Å². The van der Waals surface area contributed by atoms with Crippen LogP contribution in [0.3, 0.4) is 0 Å². The van der Waals surface area contributed by atoms with Crippen molar-refractivity contribution in [1.29, 1.82) is 0 Å². The molecular weight excluding hydrogens is 308 g/mol. The molecule has 25 heavy (non-hydrogen) atoms. The molecule has 3 aromatic carbocycles. The van der Waals surface area contributed by atoms with Gasteiger partial charge in [-0.25, -0.2) is 0 Å². The van der Waals surface area contributed by atoms with Crippen molar-refractivity contribution >= 4 is 12.4 Å². The van der Waals surface area contributed by atoms with E-state index in [1.807, 2.05) is 36.4 Å². The third-order valence-electron chi connectivity index (χ3n) is 4.00. The Morgan fingerprint density at radius 1 is 0.880 bits per heavy atom. The monoisotopic (exact) mass is 328 g/mol. The molecule has 0 N–H and O–H groups in total. The first-order valence-corrected chi connectivity index (χ1v) is 8.26. The van der Waals surface area contributed by atoms with Crippen LogP contribution in [-0.2, 0) is 11.4 Å². The lowest BCUT2D eigenvalue weighted by molar-refractivity contribution is -0.104. The fourth-order valence-corrected chi connectivity index (χ4v) is 2.70. The number of rotatable bonds is 6. The van der Waals surface area contributed by atoms with E-state index in [1.165, 1.54) is 6.08 Å². The number of aryl methyl sites for hydroxylation is 1. The normalized spacial score (nSPS) is 10.8. The highest BCUT2D eigenvalue weighted by molar-refractivity contribution is 5.76. The number of hydrogen-bond donors (Lipinski definition) is 0. The van der Waals surface area contributed by atoms with Crippen molar-refractivity contribution in [3.05, 3.63) is 95.6 Å². The van der Waals surface area contributed by atoms with Gasteiger partial charge in [0.15, 0.2) is 0 Å². The van der Waals surface area contributed by atoms with Gasteiger partial charge in [-0.2, -0.15) is 0 Å². The first kappa shape index (κ1) is 16.7. The molecule has 0 bridgehead atoms. The van der Waals surface area contributed by atoms with Crippen LogP contribution in [0.2, 0.25) is 0 Å². The van der Waals surface area contributed by atoms with Crippen LogP contribution in [-0.4, -0.2) is 6.29 Å². The molecule has 0 radical (unpaired) electrons. The van der Waals surface area contributed by atoms with Crippen LogP contribution in [0.1, 0.15) is 16.7 Å². The van der Waals surface area contributed by atoms with Gasteiger partial charge < -0.3 is 4.74 Å². The van der Waals surface area contributed by atoms with E-state index in [2.05, 4.69) is 43.3 Å². The minimum Gasteiger partial charge on any atom is -0.489 e. The van der Waals surface area contributed by atoms with Crippen molar-refractivity contribution in [3.8, 4) is 16.9 Å². The molecule has 2 nitrogen and oxygen atoms in total. The number of ether oxygens (including phenoxy) is 1. The lowest BCUT2D eigenvalue weighted by Gasteiger charge is -2.11. The summed E-state index contributed by atoms with van der Waals surface area (Å²) in [5, 5.41) is 0. The topological polar surface area (TPSA) is 26.3 Å². The van der Waals surface area contributed by atoms with Gasteiger partial charge in [-0.15, -0.1) is 0 Å². The van der Waals surface area contributed by atoms with E-state index in [9.17, 15) is 4.79 Å². The Kier molecular flexibility index (Phi) is 5.43. The van der Waals surface area contributed by atoms with Gasteiger partial charge in [0.1, 0.15) is 18.6 Å². The molecule has 0 aliphatic rings. The molecule has 0 atom stereocenters. The molecule has 2 heteroatoms. The first-order chi connectivity index (χ1) is 12.3. The van der Waals surface area contributed by atoms with Gasteiger partial charge in [-0.05, 0) is 59.0 Å². The maximum absolute atomic E-state index is 10.5. The van der Waals surface area contributed by atoms with E-state index in [0.29, 0.717) is 6.61 Å². The molecule has 0 aromatic heterocycles. The van der Waals surface area contributed by atoms with Gasteiger partial charge in [-0.1, -0.05) is 60.7 Å². The molecule has 0 spiro atoms. The summed E-state index contributed by atoms with van der Waals surface area (Å²) in [6.07, 6.45) is 4.10. The Morgan fingerprint density at radius 3 is 2.44 bits per heavy atom. The second-order valence-corrected chi connectivity index (χ2v) is 5.88. The molecule has 0 aliphatic heterocycles. The molecule has 0 amide bonds. The standard InChI is InChI=1S/C23H20O2/c1-18-15-22(21-11-5-9-19(16-21)10-6-14-24)12-13-23(18)25-17-20-7-3-2-4-8-20/h2-16H,17H2,1H3/b10-6+. The fraction of sp³-hybridized carbons (Fsp3) is 0.0870. The number of hydrogen-bond acceptors (Lipinski definition) is 2. The second kappa shape index (κ2) is 8.11. The number of benzene rings is 3. The predicted molar refractivity (Wildman–Crippen MR) is 102 cm³/mol. The molecule has 0 unspecified atom stereocenters.